The minimum Gasteiger partial charge on any atom is -0.397 e. The summed E-state index contributed by atoms with van der Waals surface area (Å²) in [5, 5.41) is 7.34. The van der Waals surface area contributed by atoms with E-state index in [0.29, 0.717) is 24.5 Å². The molecule has 0 saturated carbocycles. The Bertz CT molecular complexity index is 724. The molecule has 21 heavy (non-hydrogen) atoms. The molecule has 1 aromatic carbocycles. The van der Waals surface area contributed by atoms with Crippen molar-refractivity contribution in [1.29, 1.82) is 0 Å². The number of benzene rings is 1. The second-order valence-electron chi connectivity index (χ2n) is 4.68. The van der Waals surface area contributed by atoms with E-state index in [-0.39, 0.29) is 4.90 Å². The summed E-state index contributed by atoms with van der Waals surface area (Å²) in [4.78, 5) is 0.211. The van der Waals surface area contributed by atoms with E-state index in [1.165, 1.54) is 17.2 Å². The molecule has 0 saturated heterocycles. The minimum absolute atomic E-state index is 0.211. The molecule has 1 aromatic heterocycles. The normalized spacial score (nSPS) is 11.5. The van der Waals surface area contributed by atoms with Crippen LogP contribution in [0.15, 0.2) is 33.9 Å². The molecule has 0 aliphatic heterocycles. The SMILES string of the molecule is CCNS(=O)(=O)c1ccc(N)c(NCc2cscc2C)c1. The van der Waals surface area contributed by atoms with Crippen molar-refractivity contribution in [2.24, 2.45) is 0 Å². The third-order valence-corrected chi connectivity index (χ3v) is 5.55. The fourth-order valence-electron chi connectivity index (χ4n) is 1.89. The van der Waals surface area contributed by atoms with E-state index in [4.69, 9.17) is 5.73 Å². The van der Waals surface area contributed by atoms with Gasteiger partial charge in [0.15, 0.2) is 0 Å². The minimum atomic E-state index is -3.47. The Morgan fingerprint density at radius 2 is 2.05 bits per heavy atom. The molecule has 114 valence electrons. The molecule has 0 unspecified atom stereocenters. The number of sulfonamides is 1. The number of nitrogens with two attached hydrogens (primary N) is 1. The number of hydrogen-bond donors (Lipinski definition) is 3. The van der Waals surface area contributed by atoms with Crippen LogP contribution in [-0.2, 0) is 16.6 Å². The van der Waals surface area contributed by atoms with Gasteiger partial charge in [-0.15, -0.1) is 0 Å². The van der Waals surface area contributed by atoms with Crippen molar-refractivity contribution in [3.8, 4) is 0 Å². The summed E-state index contributed by atoms with van der Waals surface area (Å²) in [6, 6.07) is 4.68. The van der Waals surface area contributed by atoms with Gasteiger partial charge in [0.1, 0.15) is 0 Å². The van der Waals surface area contributed by atoms with E-state index in [1.54, 1.807) is 30.4 Å². The highest BCUT2D eigenvalue weighted by atomic mass is 32.2. The lowest BCUT2D eigenvalue weighted by atomic mass is 10.2. The van der Waals surface area contributed by atoms with Crippen LogP contribution in [0.1, 0.15) is 18.1 Å². The summed E-state index contributed by atoms with van der Waals surface area (Å²) in [6.07, 6.45) is 0. The molecule has 0 aliphatic rings. The third kappa shape index (κ3) is 3.75. The van der Waals surface area contributed by atoms with Gasteiger partial charge in [-0.3, -0.25) is 0 Å². The van der Waals surface area contributed by atoms with Crippen molar-refractivity contribution in [1.82, 2.24) is 4.72 Å². The van der Waals surface area contributed by atoms with Crippen molar-refractivity contribution in [2.45, 2.75) is 25.3 Å². The van der Waals surface area contributed by atoms with Crippen LogP contribution in [0, 0.1) is 6.92 Å². The maximum absolute atomic E-state index is 12.0. The van der Waals surface area contributed by atoms with E-state index in [1.807, 2.05) is 6.92 Å². The molecule has 0 amide bonds. The van der Waals surface area contributed by atoms with E-state index < -0.39 is 10.0 Å². The van der Waals surface area contributed by atoms with Crippen LogP contribution >= 0.6 is 11.3 Å². The van der Waals surface area contributed by atoms with E-state index in [9.17, 15) is 8.42 Å². The Morgan fingerprint density at radius 3 is 2.67 bits per heavy atom. The summed E-state index contributed by atoms with van der Waals surface area (Å²) in [5.74, 6) is 0. The van der Waals surface area contributed by atoms with Crippen molar-refractivity contribution in [2.75, 3.05) is 17.6 Å². The molecule has 0 aliphatic carbocycles. The van der Waals surface area contributed by atoms with Gasteiger partial charge >= 0.3 is 0 Å². The van der Waals surface area contributed by atoms with Crippen molar-refractivity contribution >= 4 is 32.7 Å². The lowest BCUT2D eigenvalue weighted by Crippen LogP contribution is -2.23. The van der Waals surface area contributed by atoms with Gasteiger partial charge in [0.05, 0.1) is 16.3 Å². The maximum Gasteiger partial charge on any atom is 0.240 e. The molecule has 2 rings (SSSR count). The Labute approximate surface area is 129 Å². The fourth-order valence-corrected chi connectivity index (χ4v) is 3.81. The Balaban J connectivity index is 2.22. The summed E-state index contributed by atoms with van der Waals surface area (Å²) < 4.78 is 26.5. The smallest absolute Gasteiger partial charge is 0.240 e. The third-order valence-electron chi connectivity index (χ3n) is 3.10. The van der Waals surface area contributed by atoms with Crippen LogP contribution in [0.5, 0.6) is 0 Å². The number of thiophene rings is 1. The second kappa shape index (κ2) is 6.46. The van der Waals surface area contributed by atoms with Gasteiger partial charge < -0.3 is 11.1 Å². The topological polar surface area (TPSA) is 84.2 Å². The molecule has 7 heteroatoms. The van der Waals surface area contributed by atoms with E-state index >= 15 is 0 Å². The first-order valence-electron chi connectivity index (χ1n) is 6.58. The lowest BCUT2D eigenvalue weighted by Gasteiger charge is -2.12. The lowest BCUT2D eigenvalue weighted by molar-refractivity contribution is 0.584. The highest BCUT2D eigenvalue weighted by molar-refractivity contribution is 7.89. The van der Waals surface area contributed by atoms with Crippen LogP contribution in [0.4, 0.5) is 11.4 Å². The van der Waals surface area contributed by atoms with E-state index in [2.05, 4.69) is 20.8 Å². The average Bonchev–Trinajstić information content (AvgIpc) is 2.83. The van der Waals surface area contributed by atoms with Gasteiger partial charge in [0, 0.05) is 13.1 Å². The van der Waals surface area contributed by atoms with E-state index in [0.717, 1.165) is 0 Å². The quantitative estimate of drug-likeness (QED) is 0.713. The number of nitrogen functional groups attached to an aromatic ring is 1. The molecule has 1 heterocycles. The van der Waals surface area contributed by atoms with Crippen molar-refractivity contribution in [3.63, 3.8) is 0 Å². The monoisotopic (exact) mass is 325 g/mol. The number of aryl methyl sites for hydroxylation is 1. The highest BCUT2D eigenvalue weighted by Gasteiger charge is 2.14. The number of rotatable bonds is 6. The summed E-state index contributed by atoms with van der Waals surface area (Å²) in [6.45, 7) is 4.75. The number of anilines is 2. The van der Waals surface area contributed by atoms with Gasteiger partial charge in [-0.05, 0) is 47.0 Å². The first-order valence-corrected chi connectivity index (χ1v) is 9.01. The maximum atomic E-state index is 12.0. The Morgan fingerprint density at radius 1 is 1.29 bits per heavy atom. The number of hydrogen-bond acceptors (Lipinski definition) is 5. The van der Waals surface area contributed by atoms with Gasteiger partial charge in [-0.2, -0.15) is 11.3 Å². The van der Waals surface area contributed by atoms with Crippen LogP contribution in [0.2, 0.25) is 0 Å². The first-order chi connectivity index (χ1) is 9.94. The largest absolute Gasteiger partial charge is 0.397 e. The Kier molecular flexibility index (Phi) is 4.87. The molecular weight excluding hydrogens is 306 g/mol. The predicted molar refractivity (Wildman–Crippen MR) is 88.1 cm³/mol. The summed E-state index contributed by atoms with van der Waals surface area (Å²) in [7, 11) is -3.47. The zero-order valence-corrected chi connectivity index (χ0v) is 13.6. The average molecular weight is 325 g/mol. The van der Waals surface area contributed by atoms with Crippen molar-refractivity contribution < 1.29 is 8.42 Å². The number of nitrogens with one attached hydrogen (secondary N) is 2. The second-order valence-corrected chi connectivity index (χ2v) is 7.19. The molecule has 0 fully saturated rings. The van der Waals surface area contributed by atoms with Gasteiger partial charge in [-0.1, -0.05) is 6.92 Å². The van der Waals surface area contributed by atoms with Crippen LogP contribution < -0.4 is 15.8 Å². The van der Waals surface area contributed by atoms with Crippen LogP contribution in [0.25, 0.3) is 0 Å². The molecule has 0 radical (unpaired) electrons. The predicted octanol–water partition coefficient (Wildman–Crippen LogP) is 2.55. The zero-order chi connectivity index (χ0) is 15.5. The molecule has 2 aromatic rings. The summed E-state index contributed by atoms with van der Waals surface area (Å²) >= 11 is 1.64. The Hall–Kier alpha value is -1.57. The molecule has 4 N–H and O–H groups in total. The molecule has 0 atom stereocenters. The molecule has 0 spiro atoms. The molecule has 5 nitrogen and oxygen atoms in total. The molecular formula is C14H19N3O2S2. The van der Waals surface area contributed by atoms with Crippen molar-refractivity contribution in [3.05, 3.63) is 40.1 Å². The van der Waals surface area contributed by atoms with Gasteiger partial charge in [-0.25, -0.2) is 13.1 Å². The molecule has 0 bridgehead atoms. The fraction of sp³-hybridized carbons (Fsp3) is 0.286. The summed E-state index contributed by atoms with van der Waals surface area (Å²) in [5.41, 5.74) is 9.45. The zero-order valence-electron chi connectivity index (χ0n) is 12.0. The van der Waals surface area contributed by atoms with Gasteiger partial charge in [0.25, 0.3) is 0 Å². The highest BCUT2D eigenvalue weighted by Crippen LogP contribution is 2.24. The first kappa shape index (κ1) is 15.8. The van der Waals surface area contributed by atoms with Crippen LogP contribution in [-0.4, -0.2) is 15.0 Å². The standard InChI is InChI=1S/C14H19N3O2S2/c1-3-17-21(18,19)12-4-5-13(15)14(6-12)16-7-11-9-20-8-10(11)2/h4-6,8-9,16-17H,3,7,15H2,1-2H3. The van der Waals surface area contributed by atoms with Crippen LogP contribution in [0.3, 0.4) is 0 Å². The van der Waals surface area contributed by atoms with Gasteiger partial charge in [0.2, 0.25) is 10.0 Å².